The predicted molar refractivity (Wildman–Crippen MR) is 47.9 cm³/mol. The van der Waals surface area contributed by atoms with Crippen LogP contribution in [0.2, 0.25) is 0 Å². The van der Waals surface area contributed by atoms with Crippen LogP contribution in [0.1, 0.15) is 5.56 Å². The molecule has 0 spiro atoms. The average Bonchev–Trinajstić information content (AvgIpc) is 2.15. The van der Waals surface area contributed by atoms with E-state index >= 15 is 0 Å². The van der Waals surface area contributed by atoms with E-state index in [4.69, 9.17) is 5.11 Å². The number of amides is 1. The molecule has 82 valence electrons. The molecule has 0 aliphatic heterocycles. The van der Waals surface area contributed by atoms with Crippen molar-refractivity contribution in [3.8, 4) is 0 Å². The van der Waals surface area contributed by atoms with Crippen molar-refractivity contribution in [3.63, 3.8) is 0 Å². The summed E-state index contributed by atoms with van der Waals surface area (Å²) in [5.74, 6) is 0. The average molecular weight is 219 g/mol. The number of rotatable bonds is 1. The zero-order valence-corrected chi connectivity index (χ0v) is 7.75. The van der Waals surface area contributed by atoms with Crippen molar-refractivity contribution in [1.82, 2.24) is 0 Å². The van der Waals surface area contributed by atoms with E-state index in [1.54, 1.807) is 0 Å². The lowest BCUT2D eigenvalue weighted by molar-refractivity contribution is -0.137. The van der Waals surface area contributed by atoms with Gasteiger partial charge in [-0.05, 0) is 18.2 Å². The van der Waals surface area contributed by atoms with Crippen LogP contribution >= 0.6 is 0 Å². The highest BCUT2D eigenvalue weighted by Gasteiger charge is 2.30. The number of carbonyl (C=O) groups is 1. The Morgan fingerprint density at radius 2 is 2.00 bits per heavy atom. The SMILES string of the molecule is CN(C(=O)O)c1cccc(C(F)(F)F)c1. The van der Waals surface area contributed by atoms with Gasteiger partial charge in [0, 0.05) is 12.7 Å². The molecule has 0 atom stereocenters. The van der Waals surface area contributed by atoms with Gasteiger partial charge in [0.1, 0.15) is 0 Å². The summed E-state index contributed by atoms with van der Waals surface area (Å²) in [6, 6.07) is 4.13. The second kappa shape index (κ2) is 3.80. The van der Waals surface area contributed by atoms with Gasteiger partial charge in [0.15, 0.2) is 0 Å². The van der Waals surface area contributed by atoms with E-state index in [9.17, 15) is 18.0 Å². The van der Waals surface area contributed by atoms with E-state index in [2.05, 4.69) is 0 Å². The number of benzene rings is 1. The summed E-state index contributed by atoms with van der Waals surface area (Å²) >= 11 is 0. The lowest BCUT2D eigenvalue weighted by atomic mass is 10.2. The molecule has 15 heavy (non-hydrogen) atoms. The molecular weight excluding hydrogens is 211 g/mol. The summed E-state index contributed by atoms with van der Waals surface area (Å²) in [5.41, 5.74) is -0.884. The zero-order valence-electron chi connectivity index (χ0n) is 7.75. The van der Waals surface area contributed by atoms with Crippen molar-refractivity contribution in [2.75, 3.05) is 11.9 Å². The van der Waals surface area contributed by atoms with E-state index in [0.717, 1.165) is 23.1 Å². The molecule has 0 saturated heterocycles. The molecule has 0 aliphatic carbocycles. The fourth-order valence-corrected chi connectivity index (χ4v) is 1.00. The normalized spacial score (nSPS) is 11.2. The van der Waals surface area contributed by atoms with Gasteiger partial charge in [-0.25, -0.2) is 4.79 Å². The van der Waals surface area contributed by atoms with Crippen molar-refractivity contribution in [3.05, 3.63) is 29.8 Å². The summed E-state index contributed by atoms with van der Waals surface area (Å²) < 4.78 is 36.8. The van der Waals surface area contributed by atoms with Gasteiger partial charge in [0.2, 0.25) is 0 Å². The molecule has 3 nitrogen and oxygen atoms in total. The second-order valence-corrected chi connectivity index (χ2v) is 2.89. The number of halogens is 3. The highest BCUT2D eigenvalue weighted by atomic mass is 19.4. The molecule has 1 amide bonds. The number of hydrogen-bond acceptors (Lipinski definition) is 1. The molecule has 0 fully saturated rings. The monoisotopic (exact) mass is 219 g/mol. The second-order valence-electron chi connectivity index (χ2n) is 2.89. The Bertz CT molecular complexity index is 376. The van der Waals surface area contributed by atoms with Crippen LogP contribution in [-0.4, -0.2) is 18.2 Å². The molecule has 1 aromatic carbocycles. The first-order valence-electron chi connectivity index (χ1n) is 3.96. The third kappa shape index (κ3) is 2.61. The standard InChI is InChI=1S/C9H8F3NO2/c1-13(8(14)15)7-4-2-3-6(5-7)9(10,11)12/h2-5H,1H3,(H,14,15). The Morgan fingerprint density at radius 3 is 2.47 bits per heavy atom. The van der Waals surface area contributed by atoms with Crippen LogP contribution in [0, 0.1) is 0 Å². The Labute approximate surface area is 83.7 Å². The van der Waals surface area contributed by atoms with E-state index in [1.807, 2.05) is 0 Å². The topological polar surface area (TPSA) is 40.5 Å². The highest BCUT2D eigenvalue weighted by Crippen LogP contribution is 2.31. The van der Waals surface area contributed by atoms with Crippen LogP contribution in [0.5, 0.6) is 0 Å². The van der Waals surface area contributed by atoms with Crippen LogP contribution in [0.15, 0.2) is 24.3 Å². The Kier molecular flexibility index (Phi) is 2.88. The summed E-state index contributed by atoms with van der Waals surface area (Å²) in [6.07, 6.45) is -5.77. The van der Waals surface area contributed by atoms with Gasteiger partial charge in [0.25, 0.3) is 0 Å². The summed E-state index contributed by atoms with van der Waals surface area (Å²) in [6.45, 7) is 0. The molecule has 1 N–H and O–H groups in total. The first-order valence-corrected chi connectivity index (χ1v) is 3.96. The third-order valence-corrected chi connectivity index (χ3v) is 1.85. The number of nitrogens with zero attached hydrogens (tertiary/aromatic N) is 1. The van der Waals surface area contributed by atoms with Crippen molar-refractivity contribution in [2.24, 2.45) is 0 Å². The van der Waals surface area contributed by atoms with Crippen molar-refractivity contribution < 1.29 is 23.1 Å². The van der Waals surface area contributed by atoms with Crippen molar-refractivity contribution in [2.45, 2.75) is 6.18 Å². The quantitative estimate of drug-likeness (QED) is 0.788. The fourth-order valence-electron chi connectivity index (χ4n) is 1.00. The maximum Gasteiger partial charge on any atom is 0.416 e. The summed E-state index contributed by atoms with van der Waals surface area (Å²) in [7, 11) is 1.18. The van der Waals surface area contributed by atoms with E-state index in [0.29, 0.717) is 0 Å². The van der Waals surface area contributed by atoms with E-state index in [1.165, 1.54) is 13.1 Å². The lowest BCUT2D eigenvalue weighted by Gasteiger charge is -2.15. The smallest absolute Gasteiger partial charge is 0.416 e. The Balaban J connectivity index is 3.08. The molecule has 0 bridgehead atoms. The summed E-state index contributed by atoms with van der Waals surface area (Å²) in [5, 5.41) is 8.57. The molecule has 0 heterocycles. The van der Waals surface area contributed by atoms with Gasteiger partial charge in [0.05, 0.1) is 5.56 Å². The first kappa shape index (κ1) is 11.4. The van der Waals surface area contributed by atoms with Crippen molar-refractivity contribution in [1.29, 1.82) is 0 Å². The molecular formula is C9H8F3NO2. The van der Waals surface area contributed by atoms with Crippen LogP contribution in [0.25, 0.3) is 0 Å². The third-order valence-electron chi connectivity index (χ3n) is 1.85. The molecule has 0 unspecified atom stereocenters. The minimum absolute atomic E-state index is 0.0164. The molecule has 1 aromatic rings. The van der Waals surface area contributed by atoms with Gasteiger partial charge >= 0.3 is 12.3 Å². The highest BCUT2D eigenvalue weighted by molar-refractivity contribution is 5.85. The van der Waals surface area contributed by atoms with E-state index < -0.39 is 17.8 Å². The largest absolute Gasteiger partial charge is 0.465 e. The van der Waals surface area contributed by atoms with Gasteiger partial charge in [-0.2, -0.15) is 13.2 Å². The van der Waals surface area contributed by atoms with Crippen LogP contribution < -0.4 is 4.90 Å². The fraction of sp³-hybridized carbons (Fsp3) is 0.222. The maximum absolute atomic E-state index is 12.3. The van der Waals surface area contributed by atoms with Crippen molar-refractivity contribution >= 4 is 11.8 Å². The number of hydrogen-bond donors (Lipinski definition) is 1. The van der Waals surface area contributed by atoms with Crippen LogP contribution in [0.3, 0.4) is 0 Å². The first-order chi connectivity index (χ1) is 6.82. The van der Waals surface area contributed by atoms with Gasteiger partial charge in [-0.15, -0.1) is 0 Å². The molecule has 6 heteroatoms. The predicted octanol–water partition coefficient (Wildman–Crippen LogP) is 2.82. The number of anilines is 1. The minimum atomic E-state index is -4.46. The van der Waals surface area contributed by atoms with Gasteiger partial charge < -0.3 is 5.11 Å². The summed E-state index contributed by atoms with van der Waals surface area (Å²) in [4.78, 5) is 11.2. The lowest BCUT2D eigenvalue weighted by Crippen LogP contribution is -2.24. The molecule has 0 radical (unpaired) electrons. The van der Waals surface area contributed by atoms with Gasteiger partial charge in [-0.1, -0.05) is 6.07 Å². The van der Waals surface area contributed by atoms with Gasteiger partial charge in [-0.3, -0.25) is 4.90 Å². The molecule has 0 aromatic heterocycles. The molecule has 1 rings (SSSR count). The molecule has 0 saturated carbocycles. The Hall–Kier alpha value is -1.72. The number of carboxylic acid groups (broad SMARTS) is 1. The number of alkyl halides is 3. The minimum Gasteiger partial charge on any atom is -0.465 e. The van der Waals surface area contributed by atoms with Crippen LogP contribution in [0.4, 0.5) is 23.7 Å². The zero-order chi connectivity index (χ0) is 11.6. The Morgan fingerprint density at radius 1 is 1.40 bits per heavy atom. The maximum atomic E-state index is 12.3. The molecule has 0 aliphatic rings. The van der Waals surface area contributed by atoms with E-state index in [-0.39, 0.29) is 5.69 Å². The van der Waals surface area contributed by atoms with Crippen LogP contribution in [-0.2, 0) is 6.18 Å².